The van der Waals surface area contributed by atoms with Gasteiger partial charge in [-0.15, -0.1) is 6.58 Å². The zero-order chi connectivity index (χ0) is 25.8. The van der Waals surface area contributed by atoms with Crippen LogP contribution in [0.25, 0.3) is 6.08 Å². The third kappa shape index (κ3) is 4.99. The topological polar surface area (TPSA) is 105 Å². The van der Waals surface area contributed by atoms with Crippen molar-refractivity contribution in [3.63, 3.8) is 0 Å². The van der Waals surface area contributed by atoms with Gasteiger partial charge < -0.3 is 9.64 Å². The molecule has 2 aromatic rings. The molecule has 2 aliphatic heterocycles. The number of hydrogen-bond donors (Lipinski definition) is 1. The molecule has 2 fully saturated rings. The Kier molecular flexibility index (Phi) is 7.44. The molecule has 2 heterocycles. The van der Waals surface area contributed by atoms with E-state index in [9.17, 15) is 19.7 Å². The van der Waals surface area contributed by atoms with Crippen LogP contribution in [0.4, 0.5) is 11.4 Å². The molecule has 2 aliphatic rings. The molecule has 4 rings (SSSR count). The van der Waals surface area contributed by atoms with E-state index in [1.54, 1.807) is 13.2 Å². The summed E-state index contributed by atoms with van der Waals surface area (Å²) < 4.78 is 5.53. The van der Waals surface area contributed by atoms with Gasteiger partial charge in [0.2, 0.25) is 0 Å². The van der Waals surface area contributed by atoms with Crippen molar-refractivity contribution in [1.29, 1.82) is 0 Å². The van der Waals surface area contributed by atoms with Crippen LogP contribution in [0, 0.1) is 10.1 Å². The molecule has 0 atom stereocenters. The van der Waals surface area contributed by atoms with Gasteiger partial charge in [0, 0.05) is 43.0 Å². The average molecular weight is 507 g/mol. The molecule has 0 bridgehead atoms. The summed E-state index contributed by atoms with van der Waals surface area (Å²) in [6.07, 6.45) is 4.62. The van der Waals surface area contributed by atoms with Gasteiger partial charge in [-0.2, -0.15) is 0 Å². The zero-order valence-electron chi connectivity index (χ0n) is 19.8. The minimum atomic E-state index is -0.641. The number of non-ortho nitro benzene ring substituents is 1. The lowest BCUT2D eigenvalue weighted by Crippen LogP contribution is -2.53. The monoisotopic (exact) mass is 506 g/mol. The number of piperidine rings is 1. The molecule has 0 spiro atoms. The lowest BCUT2D eigenvalue weighted by atomic mass is 9.88. The lowest BCUT2D eigenvalue weighted by molar-refractivity contribution is -0.384. The van der Waals surface area contributed by atoms with Crippen molar-refractivity contribution in [3.05, 3.63) is 81.9 Å². The van der Waals surface area contributed by atoms with Crippen molar-refractivity contribution in [2.24, 2.45) is 0 Å². The van der Waals surface area contributed by atoms with E-state index in [4.69, 9.17) is 17.0 Å². The molecule has 186 valence electrons. The number of rotatable bonds is 7. The SMILES string of the molecule is C=CCN1C(=O)/C(=C/c2cc([N+](=O)[O-])ccc2N2CCC(c3ccccc3OC)CC2)C(=O)NC1=S. The number of benzene rings is 2. The molecule has 10 heteroatoms. The minimum absolute atomic E-state index is 0.000252. The third-order valence-corrected chi connectivity index (χ3v) is 6.76. The fourth-order valence-corrected chi connectivity index (χ4v) is 4.89. The average Bonchev–Trinajstić information content (AvgIpc) is 2.89. The van der Waals surface area contributed by atoms with Crippen LogP contribution in [0.15, 0.2) is 60.7 Å². The number of carbonyl (C=O) groups excluding carboxylic acids is 2. The summed E-state index contributed by atoms with van der Waals surface area (Å²) in [4.78, 5) is 40.0. The highest BCUT2D eigenvalue weighted by atomic mass is 32.1. The highest BCUT2D eigenvalue weighted by molar-refractivity contribution is 7.80. The van der Waals surface area contributed by atoms with Gasteiger partial charge in [-0.1, -0.05) is 24.3 Å². The summed E-state index contributed by atoms with van der Waals surface area (Å²) in [6, 6.07) is 12.5. The highest BCUT2D eigenvalue weighted by Gasteiger charge is 2.33. The standard InChI is InChI=1S/C26H26N4O5S/c1-3-12-29-25(32)21(24(31)27-26(29)36)16-18-15-19(30(33)34)8-9-22(18)28-13-10-17(11-14-28)20-6-4-5-7-23(20)35-2/h3-9,15-17H,1,10-14H2,2H3,(H,27,31,36)/b21-16+. The molecule has 0 aromatic heterocycles. The second-order valence-electron chi connectivity index (χ2n) is 8.53. The van der Waals surface area contributed by atoms with Crippen LogP contribution in [0.5, 0.6) is 5.75 Å². The molecule has 9 nitrogen and oxygen atoms in total. The van der Waals surface area contributed by atoms with Gasteiger partial charge in [-0.3, -0.25) is 29.9 Å². The Balaban J connectivity index is 1.65. The van der Waals surface area contributed by atoms with Crippen LogP contribution < -0.4 is 15.0 Å². The van der Waals surface area contributed by atoms with Crippen molar-refractivity contribution < 1.29 is 19.2 Å². The Morgan fingerprint density at radius 2 is 1.94 bits per heavy atom. The molecule has 0 aliphatic carbocycles. The van der Waals surface area contributed by atoms with Crippen molar-refractivity contribution in [3.8, 4) is 5.75 Å². The van der Waals surface area contributed by atoms with E-state index in [1.807, 2.05) is 18.2 Å². The summed E-state index contributed by atoms with van der Waals surface area (Å²) >= 11 is 5.11. The Morgan fingerprint density at radius 3 is 2.61 bits per heavy atom. The minimum Gasteiger partial charge on any atom is -0.496 e. The summed E-state index contributed by atoms with van der Waals surface area (Å²) in [5.74, 6) is -0.0365. The van der Waals surface area contributed by atoms with Crippen molar-refractivity contribution in [1.82, 2.24) is 10.2 Å². The number of methoxy groups -OCH3 is 1. The van der Waals surface area contributed by atoms with E-state index in [-0.39, 0.29) is 22.9 Å². The van der Waals surface area contributed by atoms with Crippen LogP contribution in [-0.4, -0.2) is 53.5 Å². The van der Waals surface area contributed by atoms with E-state index >= 15 is 0 Å². The van der Waals surface area contributed by atoms with Crippen LogP contribution in [0.1, 0.15) is 29.9 Å². The fourth-order valence-electron chi connectivity index (χ4n) is 4.64. The van der Waals surface area contributed by atoms with E-state index < -0.39 is 16.7 Å². The van der Waals surface area contributed by atoms with Crippen LogP contribution in [-0.2, 0) is 9.59 Å². The second kappa shape index (κ2) is 10.7. The number of nitro groups is 1. The molecule has 0 saturated carbocycles. The molecule has 0 unspecified atom stereocenters. The third-order valence-electron chi connectivity index (χ3n) is 6.43. The predicted molar refractivity (Wildman–Crippen MR) is 141 cm³/mol. The Bertz CT molecular complexity index is 1270. The summed E-state index contributed by atoms with van der Waals surface area (Å²) in [5.41, 5.74) is 2.03. The number of anilines is 1. The number of hydrogen-bond acceptors (Lipinski definition) is 7. The molecule has 2 aromatic carbocycles. The number of nitro benzene ring substituents is 1. The first-order chi connectivity index (χ1) is 17.3. The van der Waals surface area contributed by atoms with Gasteiger partial charge >= 0.3 is 0 Å². The molecule has 36 heavy (non-hydrogen) atoms. The fraction of sp³-hybridized carbons (Fsp3) is 0.269. The molecule has 0 radical (unpaired) electrons. The smallest absolute Gasteiger partial charge is 0.270 e. The zero-order valence-corrected chi connectivity index (χ0v) is 20.6. The number of ether oxygens (including phenoxy) is 1. The Hall–Kier alpha value is -4.05. The van der Waals surface area contributed by atoms with Gasteiger partial charge in [-0.25, -0.2) is 0 Å². The molecular weight excluding hydrogens is 480 g/mol. The second-order valence-corrected chi connectivity index (χ2v) is 8.91. The molecule has 1 N–H and O–H groups in total. The number of nitrogens with one attached hydrogen (secondary N) is 1. The quantitative estimate of drug-likeness (QED) is 0.152. The maximum Gasteiger partial charge on any atom is 0.270 e. The number of amides is 2. The lowest BCUT2D eigenvalue weighted by Gasteiger charge is -2.35. The molecular formula is C26H26N4O5S. The first kappa shape index (κ1) is 25.1. The number of carbonyl (C=O) groups is 2. The van der Waals surface area contributed by atoms with Crippen molar-refractivity contribution in [2.45, 2.75) is 18.8 Å². The van der Waals surface area contributed by atoms with Gasteiger partial charge in [0.1, 0.15) is 11.3 Å². The van der Waals surface area contributed by atoms with Gasteiger partial charge in [0.05, 0.1) is 12.0 Å². The van der Waals surface area contributed by atoms with Crippen molar-refractivity contribution in [2.75, 3.05) is 31.6 Å². The van der Waals surface area contributed by atoms with Gasteiger partial charge in [0.25, 0.3) is 17.5 Å². The normalized spacial score (nSPS) is 17.8. The number of thiocarbonyl (C=S) groups is 1. The molecule has 2 amide bonds. The summed E-state index contributed by atoms with van der Waals surface area (Å²) in [5, 5.41) is 14.0. The van der Waals surface area contributed by atoms with E-state index in [1.165, 1.54) is 29.2 Å². The predicted octanol–water partition coefficient (Wildman–Crippen LogP) is 3.80. The maximum atomic E-state index is 13.0. The van der Waals surface area contributed by atoms with E-state index in [2.05, 4.69) is 22.9 Å². The van der Waals surface area contributed by atoms with Crippen LogP contribution >= 0.6 is 12.2 Å². The number of nitrogens with zero attached hydrogens (tertiary/aromatic N) is 3. The van der Waals surface area contributed by atoms with Crippen LogP contribution in [0.2, 0.25) is 0 Å². The Labute approximate surface area is 214 Å². The maximum absolute atomic E-state index is 13.0. The first-order valence-electron chi connectivity index (χ1n) is 11.5. The number of para-hydroxylation sites is 1. The van der Waals surface area contributed by atoms with Gasteiger partial charge in [0.15, 0.2) is 5.11 Å². The first-order valence-corrected chi connectivity index (χ1v) is 11.9. The largest absolute Gasteiger partial charge is 0.496 e. The molecule has 2 saturated heterocycles. The van der Waals surface area contributed by atoms with Gasteiger partial charge in [-0.05, 0) is 54.7 Å². The summed E-state index contributed by atoms with van der Waals surface area (Å²) in [6.45, 7) is 5.15. The summed E-state index contributed by atoms with van der Waals surface area (Å²) in [7, 11) is 1.66. The van der Waals surface area contributed by atoms with E-state index in [0.717, 1.165) is 29.8 Å². The van der Waals surface area contributed by atoms with Crippen LogP contribution in [0.3, 0.4) is 0 Å². The van der Waals surface area contributed by atoms with E-state index in [0.29, 0.717) is 24.6 Å². The Morgan fingerprint density at radius 1 is 1.22 bits per heavy atom. The highest BCUT2D eigenvalue weighted by Crippen LogP contribution is 2.37. The van der Waals surface area contributed by atoms with Crippen molar-refractivity contribution >= 4 is 46.6 Å².